The van der Waals surface area contributed by atoms with Crippen LogP contribution in [0.4, 0.5) is 5.69 Å². The van der Waals surface area contributed by atoms with Gasteiger partial charge in [-0.05, 0) is 13.0 Å². The summed E-state index contributed by atoms with van der Waals surface area (Å²) < 4.78 is 6.99. The maximum absolute atomic E-state index is 10.9. The minimum Gasteiger partial charge on any atom is -0.481 e. The number of nitro benzene ring substituents is 1. The zero-order valence-corrected chi connectivity index (χ0v) is 12.3. The summed E-state index contributed by atoms with van der Waals surface area (Å²) in [7, 11) is 1.71. The van der Waals surface area contributed by atoms with E-state index < -0.39 is 4.92 Å². The van der Waals surface area contributed by atoms with E-state index in [0.29, 0.717) is 16.4 Å². The smallest absolute Gasteiger partial charge is 0.312 e. The summed E-state index contributed by atoms with van der Waals surface area (Å²) in [5.41, 5.74) is 1.19. The Balaban J connectivity index is 2.30. The molecule has 0 saturated heterocycles. The molecule has 0 N–H and O–H groups in total. The lowest BCUT2D eigenvalue weighted by Gasteiger charge is -2.08. The van der Waals surface area contributed by atoms with Crippen LogP contribution < -0.4 is 4.74 Å². The summed E-state index contributed by atoms with van der Waals surface area (Å²) in [6.07, 6.45) is 0. The Kier molecular flexibility index (Phi) is 4.15. The van der Waals surface area contributed by atoms with Crippen molar-refractivity contribution < 1.29 is 9.66 Å². The average Bonchev–Trinajstić information content (AvgIpc) is 2.62. The molecule has 0 aliphatic heterocycles. The average molecular weight is 316 g/mol. The van der Waals surface area contributed by atoms with Gasteiger partial charge >= 0.3 is 5.69 Å². The SMILES string of the molecule is Cc1nn(C)c(Cl)c1COc1c(Cl)cccc1[N+](=O)[O-]. The van der Waals surface area contributed by atoms with Crippen molar-refractivity contribution in [2.45, 2.75) is 13.5 Å². The number of aryl methyl sites for hydroxylation is 2. The predicted octanol–water partition coefficient (Wildman–Crippen LogP) is 3.52. The van der Waals surface area contributed by atoms with Crippen molar-refractivity contribution in [1.29, 1.82) is 0 Å². The van der Waals surface area contributed by atoms with Crippen molar-refractivity contribution >= 4 is 28.9 Å². The number of hydrogen-bond donors (Lipinski definition) is 0. The van der Waals surface area contributed by atoms with Crippen LogP contribution in [0.25, 0.3) is 0 Å². The van der Waals surface area contributed by atoms with Gasteiger partial charge in [-0.2, -0.15) is 5.10 Å². The van der Waals surface area contributed by atoms with Gasteiger partial charge in [-0.3, -0.25) is 14.8 Å². The van der Waals surface area contributed by atoms with Gasteiger partial charge in [-0.15, -0.1) is 0 Å². The monoisotopic (exact) mass is 315 g/mol. The van der Waals surface area contributed by atoms with Crippen molar-refractivity contribution in [3.8, 4) is 5.75 Å². The minimum absolute atomic E-state index is 0.0264. The summed E-state index contributed by atoms with van der Waals surface area (Å²) in [4.78, 5) is 10.4. The molecule has 20 heavy (non-hydrogen) atoms. The summed E-state index contributed by atoms with van der Waals surface area (Å²) in [5.74, 6) is 0.0264. The van der Waals surface area contributed by atoms with Gasteiger partial charge in [0.15, 0.2) is 0 Å². The van der Waals surface area contributed by atoms with E-state index in [4.69, 9.17) is 27.9 Å². The molecule has 0 aliphatic carbocycles. The van der Waals surface area contributed by atoms with Crippen LogP contribution in [0.1, 0.15) is 11.3 Å². The molecular weight excluding hydrogens is 305 g/mol. The molecule has 0 bridgehead atoms. The first kappa shape index (κ1) is 14.6. The van der Waals surface area contributed by atoms with Crippen molar-refractivity contribution in [3.63, 3.8) is 0 Å². The molecule has 8 heteroatoms. The molecule has 0 unspecified atom stereocenters. The third kappa shape index (κ3) is 2.71. The van der Waals surface area contributed by atoms with E-state index in [-0.39, 0.29) is 23.1 Å². The maximum Gasteiger partial charge on any atom is 0.312 e. The van der Waals surface area contributed by atoms with Crippen molar-refractivity contribution in [1.82, 2.24) is 9.78 Å². The lowest BCUT2D eigenvalue weighted by atomic mass is 10.2. The molecule has 0 radical (unpaired) electrons. The standard InChI is InChI=1S/C12H11Cl2N3O3/c1-7-8(12(14)16(2)15-7)6-20-11-9(13)4-3-5-10(11)17(18)19/h3-5H,6H2,1-2H3. The second-order valence-electron chi connectivity index (χ2n) is 4.11. The zero-order chi connectivity index (χ0) is 14.9. The van der Waals surface area contributed by atoms with Gasteiger partial charge in [0.2, 0.25) is 5.75 Å². The quantitative estimate of drug-likeness (QED) is 0.639. The molecular formula is C12H11Cl2N3O3. The van der Waals surface area contributed by atoms with Crippen LogP contribution in [0.15, 0.2) is 18.2 Å². The van der Waals surface area contributed by atoms with E-state index in [9.17, 15) is 10.1 Å². The molecule has 1 aromatic heterocycles. The Hall–Kier alpha value is -1.79. The molecule has 0 saturated carbocycles. The van der Waals surface area contributed by atoms with E-state index in [2.05, 4.69) is 5.10 Å². The van der Waals surface area contributed by atoms with Gasteiger partial charge in [0.05, 0.1) is 15.6 Å². The van der Waals surface area contributed by atoms with Crippen LogP contribution in [-0.2, 0) is 13.7 Å². The zero-order valence-electron chi connectivity index (χ0n) is 10.8. The van der Waals surface area contributed by atoms with Crippen molar-refractivity contribution in [3.05, 3.63) is 49.7 Å². The normalized spacial score (nSPS) is 10.6. The fourth-order valence-electron chi connectivity index (χ4n) is 1.77. The van der Waals surface area contributed by atoms with Gasteiger partial charge in [-0.25, -0.2) is 0 Å². The number of ether oxygens (including phenoxy) is 1. The second kappa shape index (κ2) is 5.68. The van der Waals surface area contributed by atoms with E-state index >= 15 is 0 Å². The van der Waals surface area contributed by atoms with E-state index in [1.165, 1.54) is 22.9 Å². The second-order valence-corrected chi connectivity index (χ2v) is 4.88. The Labute approximate surface area is 125 Å². The lowest BCUT2D eigenvalue weighted by molar-refractivity contribution is -0.385. The molecule has 0 atom stereocenters. The molecule has 0 aliphatic rings. The predicted molar refractivity (Wildman–Crippen MR) is 75.4 cm³/mol. The van der Waals surface area contributed by atoms with Gasteiger partial charge in [0.25, 0.3) is 0 Å². The summed E-state index contributed by atoms with van der Waals surface area (Å²) in [6.45, 7) is 1.84. The number of nitrogens with zero attached hydrogens (tertiary/aromatic N) is 3. The first-order valence-corrected chi connectivity index (χ1v) is 6.41. The Bertz CT molecular complexity index is 670. The largest absolute Gasteiger partial charge is 0.481 e. The molecule has 6 nitrogen and oxygen atoms in total. The van der Waals surface area contributed by atoms with Crippen molar-refractivity contribution in [2.24, 2.45) is 7.05 Å². The number of rotatable bonds is 4. The van der Waals surface area contributed by atoms with Gasteiger partial charge in [-0.1, -0.05) is 29.3 Å². The third-order valence-corrected chi connectivity index (χ3v) is 3.54. The van der Waals surface area contributed by atoms with Crippen LogP contribution in [0.3, 0.4) is 0 Å². The summed E-state index contributed by atoms with van der Waals surface area (Å²) >= 11 is 12.0. The van der Waals surface area contributed by atoms with Gasteiger partial charge < -0.3 is 4.74 Å². The summed E-state index contributed by atoms with van der Waals surface area (Å²) in [6, 6.07) is 4.36. The number of nitro groups is 1. The highest BCUT2D eigenvalue weighted by Gasteiger charge is 2.20. The van der Waals surface area contributed by atoms with Gasteiger partial charge in [0, 0.05) is 18.7 Å². The van der Waals surface area contributed by atoms with Crippen molar-refractivity contribution in [2.75, 3.05) is 0 Å². The Morgan fingerprint density at radius 2 is 2.15 bits per heavy atom. The number of halogens is 2. The molecule has 1 heterocycles. The number of para-hydroxylation sites is 1. The first-order chi connectivity index (χ1) is 9.41. The highest BCUT2D eigenvalue weighted by molar-refractivity contribution is 6.32. The Morgan fingerprint density at radius 1 is 1.45 bits per heavy atom. The highest BCUT2D eigenvalue weighted by atomic mass is 35.5. The van der Waals surface area contributed by atoms with Crippen LogP contribution in [-0.4, -0.2) is 14.7 Å². The molecule has 1 aromatic carbocycles. The van der Waals surface area contributed by atoms with Crippen LogP contribution in [0.2, 0.25) is 10.2 Å². The van der Waals surface area contributed by atoms with Gasteiger partial charge in [0.1, 0.15) is 11.8 Å². The summed E-state index contributed by atoms with van der Waals surface area (Å²) in [5, 5.41) is 15.7. The van der Waals surface area contributed by atoms with Crippen LogP contribution in [0.5, 0.6) is 5.75 Å². The number of hydrogen-bond acceptors (Lipinski definition) is 4. The van der Waals surface area contributed by atoms with Crippen LogP contribution >= 0.6 is 23.2 Å². The Morgan fingerprint density at radius 3 is 2.70 bits per heavy atom. The maximum atomic E-state index is 10.9. The number of benzene rings is 1. The van der Waals surface area contributed by atoms with E-state index in [1.807, 2.05) is 0 Å². The first-order valence-electron chi connectivity index (χ1n) is 5.65. The minimum atomic E-state index is -0.543. The van der Waals surface area contributed by atoms with E-state index in [0.717, 1.165) is 0 Å². The lowest BCUT2D eigenvalue weighted by Crippen LogP contribution is -2.01. The third-order valence-electron chi connectivity index (χ3n) is 2.77. The molecule has 0 fully saturated rings. The molecule has 0 spiro atoms. The highest BCUT2D eigenvalue weighted by Crippen LogP contribution is 2.35. The fourth-order valence-corrected chi connectivity index (χ4v) is 2.22. The van der Waals surface area contributed by atoms with E-state index in [1.54, 1.807) is 14.0 Å². The van der Waals surface area contributed by atoms with Crippen LogP contribution in [0, 0.1) is 17.0 Å². The molecule has 106 valence electrons. The molecule has 0 amide bonds. The topological polar surface area (TPSA) is 70.2 Å². The molecule has 2 aromatic rings. The fraction of sp³-hybridized carbons (Fsp3) is 0.250. The number of aromatic nitrogens is 2. The molecule has 2 rings (SSSR count).